The first kappa shape index (κ1) is 18.7. The highest BCUT2D eigenvalue weighted by Gasteiger charge is 2.44. The van der Waals surface area contributed by atoms with Gasteiger partial charge in [0.25, 0.3) is 5.91 Å². The van der Waals surface area contributed by atoms with E-state index in [1.807, 2.05) is 30.3 Å². The second kappa shape index (κ2) is 7.08. The molecule has 0 bridgehead atoms. The van der Waals surface area contributed by atoms with Crippen LogP contribution < -0.4 is 10.1 Å². The monoisotopic (exact) mass is 389 g/mol. The largest absolute Gasteiger partial charge is 0.485 e. The Kier molecular flexibility index (Phi) is 4.57. The maximum atomic E-state index is 13.0. The summed E-state index contributed by atoms with van der Waals surface area (Å²) in [6, 6.07) is 15.4. The average Bonchev–Trinajstić information content (AvgIpc) is 3.21. The minimum absolute atomic E-state index is 0.116. The minimum Gasteiger partial charge on any atom is -0.485 e. The molecule has 1 aliphatic heterocycles. The number of ether oxygens (including phenoxy) is 1. The number of aliphatic hydroxyl groups excluding tert-OH is 1. The van der Waals surface area contributed by atoms with E-state index < -0.39 is 23.7 Å². The maximum absolute atomic E-state index is 13.0. The molecule has 1 aliphatic rings. The van der Waals surface area contributed by atoms with Crippen molar-refractivity contribution in [3.63, 3.8) is 0 Å². The smallest absolute Gasteiger partial charge is 0.274 e. The number of carbonyl (C=O) groups excluding carboxylic acids is 1. The molecule has 7 nitrogen and oxygen atoms in total. The molecule has 2 aromatic carbocycles. The second-order valence-electron chi connectivity index (χ2n) is 7.36. The number of hydrogen-bond acceptors (Lipinski definition) is 6. The van der Waals surface area contributed by atoms with Gasteiger partial charge in [-0.1, -0.05) is 30.3 Å². The molecule has 0 saturated carbocycles. The van der Waals surface area contributed by atoms with E-state index in [0.717, 1.165) is 5.56 Å². The van der Waals surface area contributed by atoms with Crippen molar-refractivity contribution in [2.75, 3.05) is 0 Å². The number of fused-ring (bicyclic) bond motifs is 1. The Morgan fingerprint density at radius 3 is 2.72 bits per heavy atom. The lowest BCUT2D eigenvalue weighted by molar-refractivity contribution is -0.0627. The molecule has 146 valence electrons. The third-order valence-corrected chi connectivity index (χ3v) is 4.98. The van der Waals surface area contributed by atoms with E-state index in [1.54, 1.807) is 32.0 Å². The van der Waals surface area contributed by atoms with Crippen LogP contribution in [0.4, 0.5) is 0 Å². The fourth-order valence-corrected chi connectivity index (χ4v) is 3.44. The van der Waals surface area contributed by atoms with E-state index >= 15 is 0 Å². The highest BCUT2D eigenvalue weighted by Crippen LogP contribution is 2.40. The van der Waals surface area contributed by atoms with Gasteiger partial charge in [-0.2, -0.15) is 5.26 Å². The van der Waals surface area contributed by atoms with Gasteiger partial charge in [0.15, 0.2) is 17.8 Å². The van der Waals surface area contributed by atoms with Gasteiger partial charge in [-0.3, -0.25) is 4.79 Å². The zero-order valence-corrected chi connectivity index (χ0v) is 15.9. The van der Waals surface area contributed by atoms with Crippen LogP contribution in [-0.4, -0.2) is 27.7 Å². The standard InChI is InChI=1S/C22H19N3O4/c1-22(2)20(26)17(15-10-13(11-23)8-9-16(15)29-22)25-21(27)18-19(28-12-24-18)14-6-4-3-5-7-14/h3-10,12,17,20,26H,1-2H3,(H,25,27). The van der Waals surface area contributed by atoms with Crippen LogP contribution in [0.25, 0.3) is 11.3 Å². The zero-order valence-electron chi connectivity index (χ0n) is 15.9. The van der Waals surface area contributed by atoms with Crippen LogP contribution in [0.1, 0.15) is 41.5 Å². The summed E-state index contributed by atoms with van der Waals surface area (Å²) >= 11 is 0. The normalized spacial score (nSPS) is 19.5. The number of rotatable bonds is 3. The fourth-order valence-electron chi connectivity index (χ4n) is 3.44. The Morgan fingerprint density at radius 1 is 1.24 bits per heavy atom. The molecule has 1 aromatic heterocycles. The van der Waals surface area contributed by atoms with Crippen LogP contribution >= 0.6 is 0 Å². The number of nitrogens with one attached hydrogen (secondary N) is 1. The van der Waals surface area contributed by atoms with Gasteiger partial charge < -0.3 is 19.6 Å². The van der Waals surface area contributed by atoms with Crippen LogP contribution in [0, 0.1) is 11.3 Å². The van der Waals surface area contributed by atoms with E-state index in [9.17, 15) is 15.2 Å². The van der Waals surface area contributed by atoms with Gasteiger partial charge in [0.05, 0.1) is 17.7 Å². The number of nitriles is 1. The van der Waals surface area contributed by atoms with Gasteiger partial charge in [0, 0.05) is 11.1 Å². The van der Waals surface area contributed by atoms with Gasteiger partial charge in [0.2, 0.25) is 0 Å². The third-order valence-electron chi connectivity index (χ3n) is 4.98. The molecule has 2 N–H and O–H groups in total. The molecular formula is C22H19N3O4. The van der Waals surface area contributed by atoms with Crippen molar-refractivity contribution in [3.8, 4) is 23.1 Å². The third kappa shape index (κ3) is 3.35. The number of nitrogens with zero attached hydrogens (tertiary/aromatic N) is 2. The van der Waals surface area contributed by atoms with E-state index in [0.29, 0.717) is 22.6 Å². The Balaban J connectivity index is 1.70. The van der Waals surface area contributed by atoms with Crippen molar-refractivity contribution < 1.29 is 19.1 Å². The van der Waals surface area contributed by atoms with E-state index in [2.05, 4.69) is 16.4 Å². The quantitative estimate of drug-likeness (QED) is 0.712. The van der Waals surface area contributed by atoms with Crippen molar-refractivity contribution in [1.82, 2.24) is 10.3 Å². The lowest BCUT2D eigenvalue weighted by atomic mass is 9.86. The number of hydrogen-bond donors (Lipinski definition) is 2. The Morgan fingerprint density at radius 2 is 2.00 bits per heavy atom. The molecule has 2 atom stereocenters. The van der Waals surface area contributed by atoms with Crippen molar-refractivity contribution in [1.29, 1.82) is 5.26 Å². The number of benzene rings is 2. The highest BCUT2D eigenvalue weighted by molar-refractivity contribution is 5.97. The van der Waals surface area contributed by atoms with Crippen molar-refractivity contribution in [2.24, 2.45) is 0 Å². The molecular weight excluding hydrogens is 370 g/mol. The molecule has 0 aliphatic carbocycles. The van der Waals surface area contributed by atoms with Crippen molar-refractivity contribution in [3.05, 3.63) is 71.7 Å². The first-order chi connectivity index (χ1) is 13.9. The summed E-state index contributed by atoms with van der Waals surface area (Å²) in [5, 5.41) is 22.9. The zero-order chi connectivity index (χ0) is 20.6. The summed E-state index contributed by atoms with van der Waals surface area (Å²) in [5.41, 5.74) is 0.838. The van der Waals surface area contributed by atoms with Gasteiger partial charge in [-0.25, -0.2) is 4.98 Å². The predicted molar refractivity (Wildman–Crippen MR) is 104 cm³/mol. The molecule has 0 radical (unpaired) electrons. The Hall–Kier alpha value is -3.63. The van der Waals surface area contributed by atoms with Gasteiger partial charge >= 0.3 is 0 Å². The van der Waals surface area contributed by atoms with E-state index in [-0.39, 0.29) is 5.69 Å². The molecule has 1 amide bonds. The molecule has 2 heterocycles. The van der Waals surface area contributed by atoms with Crippen LogP contribution in [0.2, 0.25) is 0 Å². The lowest BCUT2D eigenvalue weighted by Gasteiger charge is -2.42. The lowest BCUT2D eigenvalue weighted by Crippen LogP contribution is -2.53. The van der Waals surface area contributed by atoms with Gasteiger partial charge in [0.1, 0.15) is 17.5 Å². The van der Waals surface area contributed by atoms with Crippen molar-refractivity contribution in [2.45, 2.75) is 31.6 Å². The summed E-state index contributed by atoms with van der Waals surface area (Å²) in [7, 11) is 0. The summed E-state index contributed by atoms with van der Waals surface area (Å²) in [5.74, 6) is 0.357. The van der Waals surface area contributed by atoms with Crippen LogP contribution in [0.3, 0.4) is 0 Å². The van der Waals surface area contributed by atoms with Gasteiger partial charge in [-0.15, -0.1) is 0 Å². The molecule has 0 fully saturated rings. The molecule has 3 aromatic rings. The van der Waals surface area contributed by atoms with Crippen LogP contribution in [-0.2, 0) is 0 Å². The van der Waals surface area contributed by atoms with Crippen LogP contribution in [0.15, 0.2) is 59.3 Å². The molecule has 29 heavy (non-hydrogen) atoms. The Labute approximate surface area is 167 Å². The summed E-state index contributed by atoms with van der Waals surface area (Å²) in [6.45, 7) is 3.48. The SMILES string of the molecule is CC1(C)Oc2ccc(C#N)cc2C(NC(=O)c2ncoc2-c2ccccc2)C1O. The average molecular weight is 389 g/mol. The molecule has 2 unspecified atom stereocenters. The topological polar surface area (TPSA) is 108 Å². The first-order valence-corrected chi connectivity index (χ1v) is 9.11. The first-order valence-electron chi connectivity index (χ1n) is 9.11. The number of oxazole rings is 1. The van der Waals surface area contributed by atoms with Crippen molar-refractivity contribution >= 4 is 5.91 Å². The van der Waals surface area contributed by atoms with E-state index in [4.69, 9.17) is 9.15 Å². The summed E-state index contributed by atoms with van der Waals surface area (Å²) in [4.78, 5) is 17.1. The molecule has 0 spiro atoms. The minimum atomic E-state index is -1.04. The summed E-state index contributed by atoms with van der Waals surface area (Å²) < 4.78 is 11.3. The number of carbonyl (C=O) groups is 1. The predicted octanol–water partition coefficient (Wildman–Crippen LogP) is 3.22. The number of aromatic nitrogens is 1. The van der Waals surface area contributed by atoms with E-state index in [1.165, 1.54) is 6.39 Å². The number of amides is 1. The molecule has 0 saturated heterocycles. The van der Waals surface area contributed by atoms with Crippen LogP contribution in [0.5, 0.6) is 5.75 Å². The maximum Gasteiger partial charge on any atom is 0.274 e. The molecule has 4 rings (SSSR count). The Bertz CT molecular complexity index is 1100. The fraction of sp³-hybridized carbons (Fsp3) is 0.227. The highest BCUT2D eigenvalue weighted by atomic mass is 16.5. The molecule has 7 heteroatoms. The number of aliphatic hydroxyl groups is 1. The second-order valence-corrected chi connectivity index (χ2v) is 7.36. The van der Waals surface area contributed by atoms with Gasteiger partial charge in [-0.05, 0) is 32.0 Å². The summed E-state index contributed by atoms with van der Waals surface area (Å²) in [6.07, 6.45) is 0.170.